The van der Waals surface area contributed by atoms with Crippen molar-refractivity contribution in [3.8, 4) is 5.88 Å². The second-order valence-electron chi connectivity index (χ2n) is 9.82. The number of carbonyl (C=O) groups is 1. The minimum atomic E-state index is -0.622. The highest BCUT2D eigenvalue weighted by Crippen LogP contribution is 2.47. The molecule has 1 amide bonds. The molecule has 3 saturated carbocycles. The van der Waals surface area contributed by atoms with E-state index >= 15 is 0 Å². The van der Waals surface area contributed by atoms with Gasteiger partial charge in [0.2, 0.25) is 11.8 Å². The van der Waals surface area contributed by atoms with Crippen LogP contribution in [0.15, 0.2) is 18.3 Å². The molecule has 1 spiro atoms. The van der Waals surface area contributed by atoms with E-state index in [9.17, 15) is 9.90 Å². The molecular weight excluding hydrogens is 340 g/mol. The van der Waals surface area contributed by atoms with Crippen LogP contribution in [0.4, 0.5) is 0 Å². The summed E-state index contributed by atoms with van der Waals surface area (Å²) in [7, 11) is 0. The van der Waals surface area contributed by atoms with Gasteiger partial charge in [-0.3, -0.25) is 4.79 Å². The van der Waals surface area contributed by atoms with Crippen LogP contribution < -0.4 is 4.74 Å². The fourth-order valence-electron chi connectivity index (χ4n) is 5.28. The lowest BCUT2D eigenvalue weighted by atomic mass is 9.66. The summed E-state index contributed by atoms with van der Waals surface area (Å²) in [6.07, 6.45) is 10.4. The number of nitrogens with zero attached hydrogens (tertiary/aromatic N) is 2. The average molecular weight is 370 g/mol. The molecule has 27 heavy (non-hydrogen) atoms. The summed E-state index contributed by atoms with van der Waals surface area (Å²) in [6.45, 7) is 3.61. The zero-order valence-electron chi connectivity index (χ0n) is 16.2. The van der Waals surface area contributed by atoms with Gasteiger partial charge in [-0.1, -0.05) is 6.07 Å². The van der Waals surface area contributed by atoms with Gasteiger partial charge in [0, 0.05) is 36.7 Å². The first-order valence-electron chi connectivity index (χ1n) is 10.6. The largest absolute Gasteiger partial charge is 0.474 e. The van der Waals surface area contributed by atoms with E-state index in [1.54, 1.807) is 0 Å². The fraction of sp³-hybridized carbons (Fsp3) is 0.727. The SMILES string of the molecule is C[C@]1(O)C[C@@H](C(=O)N2CC3(CCC(Oc4ccc(C5CC5)cn4)CC3)C2)C1. The monoisotopic (exact) mass is 370 g/mol. The zero-order chi connectivity index (χ0) is 18.6. The number of aromatic nitrogens is 1. The van der Waals surface area contributed by atoms with Gasteiger partial charge >= 0.3 is 0 Å². The quantitative estimate of drug-likeness (QED) is 0.884. The van der Waals surface area contributed by atoms with Crippen LogP contribution in [0.1, 0.15) is 69.8 Å². The number of rotatable bonds is 4. The van der Waals surface area contributed by atoms with Gasteiger partial charge in [0.25, 0.3) is 0 Å². The first kappa shape index (κ1) is 17.5. The summed E-state index contributed by atoms with van der Waals surface area (Å²) >= 11 is 0. The maximum absolute atomic E-state index is 12.5. The molecular formula is C22H30N2O3. The highest BCUT2D eigenvalue weighted by Gasteiger charge is 2.51. The maximum Gasteiger partial charge on any atom is 0.225 e. The lowest BCUT2D eigenvalue weighted by molar-refractivity contribution is -0.164. The first-order chi connectivity index (χ1) is 12.9. The molecule has 0 unspecified atom stereocenters. The highest BCUT2D eigenvalue weighted by molar-refractivity contribution is 5.81. The Balaban J connectivity index is 1.08. The zero-order valence-corrected chi connectivity index (χ0v) is 16.2. The molecule has 0 radical (unpaired) electrons. The second kappa shape index (κ2) is 6.20. The molecule has 1 aromatic rings. The van der Waals surface area contributed by atoms with Crippen molar-refractivity contribution < 1.29 is 14.6 Å². The van der Waals surface area contributed by atoms with Crippen LogP contribution >= 0.6 is 0 Å². The number of pyridine rings is 1. The summed E-state index contributed by atoms with van der Waals surface area (Å²) < 4.78 is 6.11. The Kier molecular flexibility index (Phi) is 4.01. The van der Waals surface area contributed by atoms with Crippen molar-refractivity contribution in [3.63, 3.8) is 0 Å². The number of hydrogen-bond donors (Lipinski definition) is 1. The van der Waals surface area contributed by atoms with Crippen molar-refractivity contribution in [3.05, 3.63) is 23.9 Å². The third-order valence-corrected chi connectivity index (χ3v) is 7.17. The average Bonchev–Trinajstić information content (AvgIpc) is 3.44. The lowest BCUT2D eigenvalue weighted by Crippen LogP contribution is -2.63. The van der Waals surface area contributed by atoms with Crippen LogP contribution in [0.3, 0.4) is 0 Å². The van der Waals surface area contributed by atoms with E-state index < -0.39 is 5.60 Å². The van der Waals surface area contributed by atoms with Crippen LogP contribution in [0.2, 0.25) is 0 Å². The van der Waals surface area contributed by atoms with Gasteiger partial charge in [-0.2, -0.15) is 0 Å². The summed E-state index contributed by atoms with van der Waals surface area (Å²) in [4.78, 5) is 19.0. The summed E-state index contributed by atoms with van der Waals surface area (Å²) in [6, 6.07) is 4.19. The van der Waals surface area contributed by atoms with Gasteiger partial charge in [0.05, 0.1) is 5.60 Å². The molecule has 0 bridgehead atoms. The predicted molar refractivity (Wildman–Crippen MR) is 101 cm³/mol. The minimum Gasteiger partial charge on any atom is -0.474 e. The molecule has 0 aromatic carbocycles. The molecule has 5 rings (SSSR count). The van der Waals surface area contributed by atoms with Crippen molar-refractivity contribution >= 4 is 5.91 Å². The number of carbonyl (C=O) groups excluding carboxylic acids is 1. The normalized spacial score (nSPS) is 32.7. The Morgan fingerprint density at radius 3 is 2.44 bits per heavy atom. The first-order valence-corrected chi connectivity index (χ1v) is 10.6. The van der Waals surface area contributed by atoms with E-state index in [-0.39, 0.29) is 17.9 Å². The van der Waals surface area contributed by atoms with Crippen molar-refractivity contribution in [2.45, 2.75) is 75.9 Å². The molecule has 5 heteroatoms. The fourth-order valence-corrected chi connectivity index (χ4v) is 5.28. The minimum absolute atomic E-state index is 0.0432. The topological polar surface area (TPSA) is 62.7 Å². The molecule has 5 nitrogen and oxygen atoms in total. The Morgan fingerprint density at radius 1 is 1.19 bits per heavy atom. The molecule has 3 aliphatic carbocycles. The van der Waals surface area contributed by atoms with Gasteiger partial charge in [0.1, 0.15) is 6.10 Å². The number of amides is 1. The van der Waals surface area contributed by atoms with E-state index in [1.807, 2.05) is 24.1 Å². The van der Waals surface area contributed by atoms with Gasteiger partial charge < -0.3 is 14.7 Å². The van der Waals surface area contributed by atoms with Crippen molar-refractivity contribution in [2.24, 2.45) is 11.3 Å². The van der Waals surface area contributed by atoms with Crippen molar-refractivity contribution in [2.75, 3.05) is 13.1 Å². The second-order valence-corrected chi connectivity index (χ2v) is 9.82. The van der Waals surface area contributed by atoms with Crippen molar-refractivity contribution in [1.29, 1.82) is 0 Å². The van der Waals surface area contributed by atoms with Crippen LogP contribution in [0.5, 0.6) is 5.88 Å². The molecule has 146 valence electrons. The molecule has 0 atom stereocenters. The van der Waals surface area contributed by atoms with Gasteiger partial charge in [0.15, 0.2) is 0 Å². The van der Waals surface area contributed by atoms with Crippen LogP contribution in [0, 0.1) is 11.3 Å². The molecule has 4 fully saturated rings. The van der Waals surface area contributed by atoms with E-state index in [1.165, 1.54) is 18.4 Å². The van der Waals surface area contributed by atoms with E-state index in [0.717, 1.165) is 50.6 Å². The molecule has 2 heterocycles. The third kappa shape index (κ3) is 3.46. The molecule has 1 aromatic heterocycles. The Bertz CT molecular complexity index is 702. The molecule has 1 N–H and O–H groups in total. The summed E-state index contributed by atoms with van der Waals surface area (Å²) in [5, 5.41) is 9.85. The molecule has 4 aliphatic rings. The van der Waals surface area contributed by atoms with Crippen LogP contribution in [-0.4, -0.2) is 45.7 Å². The van der Waals surface area contributed by atoms with Gasteiger partial charge in [-0.25, -0.2) is 4.98 Å². The lowest BCUT2D eigenvalue weighted by Gasteiger charge is -2.55. The Morgan fingerprint density at radius 2 is 1.89 bits per heavy atom. The third-order valence-electron chi connectivity index (χ3n) is 7.17. The predicted octanol–water partition coefficient (Wildman–Crippen LogP) is 3.27. The van der Waals surface area contributed by atoms with Crippen molar-refractivity contribution in [1.82, 2.24) is 9.88 Å². The van der Waals surface area contributed by atoms with E-state index in [0.29, 0.717) is 18.3 Å². The standard InChI is InChI=1S/C22H30N2O3/c1-21(26)10-17(11-21)20(25)24-13-22(14-24)8-6-18(7-9-22)27-19-5-4-16(12-23-19)15-2-3-15/h4-5,12,15,17-18,26H,2-3,6-11,13-14H2,1H3/t17-,21+. The highest BCUT2D eigenvalue weighted by atomic mass is 16.5. The van der Waals surface area contributed by atoms with E-state index in [2.05, 4.69) is 11.1 Å². The smallest absolute Gasteiger partial charge is 0.225 e. The van der Waals surface area contributed by atoms with Crippen LogP contribution in [-0.2, 0) is 4.79 Å². The summed E-state index contributed by atoms with van der Waals surface area (Å²) in [5.74, 6) is 1.78. The van der Waals surface area contributed by atoms with Gasteiger partial charge in [-0.15, -0.1) is 0 Å². The number of likely N-dealkylation sites (tertiary alicyclic amines) is 1. The number of aliphatic hydroxyl groups is 1. The number of ether oxygens (including phenoxy) is 1. The Labute approximate surface area is 161 Å². The molecule has 1 saturated heterocycles. The molecule has 1 aliphatic heterocycles. The number of hydrogen-bond acceptors (Lipinski definition) is 4. The maximum atomic E-state index is 12.5. The van der Waals surface area contributed by atoms with Crippen LogP contribution in [0.25, 0.3) is 0 Å². The Hall–Kier alpha value is -1.62. The summed E-state index contributed by atoms with van der Waals surface area (Å²) in [5.41, 5.74) is 1.03. The van der Waals surface area contributed by atoms with Gasteiger partial charge in [-0.05, 0) is 69.8 Å². The van der Waals surface area contributed by atoms with E-state index in [4.69, 9.17) is 4.74 Å².